The van der Waals surface area contributed by atoms with Crippen molar-refractivity contribution in [3.05, 3.63) is 0 Å². The standard InChI is InChI=1S/C4H6O3.Pb/c1-3(5)7-4(2)6;/h1-2H3;. The summed E-state index contributed by atoms with van der Waals surface area (Å²) in [5.74, 6) is -1.12. The van der Waals surface area contributed by atoms with Gasteiger partial charge in [0.05, 0.1) is 0 Å². The second-order valence-electron chi connectivity index (χ2n) is 1.09. The van der Waals surface area contributed by atoms with Crippen LogP contribution in [0, 0.1) is 0 Å². The van der Waals surface area contributed by atoms with Gasteiger partial charge >= 0.3 is 11.9 Å². The van der Waals surface area contributed by atoms with E-state index < -0.39 is 11.9 Å². The van der Waals surface area contributed by atoms with Gasteiger partial charge in [-0.25, -0.2) is 0 Å². The molecule has 0 unspecified atom stereocenters. The normalized spacial score (nSPS) is 6.75. The number of hydrogen-bond donors (Lipinski definition) is 0. The molecule has 0 aromatic rings. The summed E-state index contributed by atoms with van der Waals surface area (Å²) in [7, 11) is 0. The number of carbonyl (C=O) groups excluding carboxylic acids is 2. The monoisotopic (exact) mass is 310 g/mol. The second-order valence-corrected chi connectivity index (χ2v) is 1.09. The van der Waals surface area contributed by atoms with Crippen molar-refractivity contribution in [2.24, 2.45) is 0 Å². The molecule has 0 aromatic carbocycles. The third-order valence-corrected chi connectivity index (χ3v) is 0.287. The predicted molar refractivity (Wildman–Crippen MR) is 28.2 cm³/mol. The predicted octanol–water partition coefficient (Wildman–Crippen LogP) is -0.285. The van der Waals surface area contributed by atoms with Crippen molar-refractivity contribution < 1.29 is 14.3 Å². The van der Waals surface area contributed by atoms with Crippen molar-refractivity contribution >= 4 is 39.2 Å². The van der Waals surface area contributed by atoms with Gasteiger partial charge in [0.2, 0.25) is 0 Å². The number of carbonyl (C=O) groups is 2. The first-order valence-electron chi connectivity index (χ1n) is 1.82. The average molecular weight is 309 g/mol. The van der Waals surface area contributed by atoms with Crippen molar-refractivity contribution in [1.29, 1.82) is 0 Å². The Bertz CT molecular complexity index is 87.5. The Labute approximate surface area is 67.6 Å². The van der Waals surface area contributed by atoms with E-state index in [1.165, 1.54) is 13.8 Å². The zero-order valence-corrected chi connectivity index (χ0v) is 8.61. The van der Waals surface area contributed by atoms with Crippen LogP contribution in [-0.2, 0) is 14.3 Å². The molecule has 0 saturated heterocycles. The van der Waals surface area contributed by atoms with Gasteiger partial charge in [-0.05, 0) is 0 Å². The van der Waals surface area contributed by atoms with Crippen LogP contribution in [0.1, 0.15) is 13.8 Å². The SMILES string of the molecule is CC(=O)OC(C)=O.[Pb]. The van der Waals surface area contributed by atoms with Crippen molar-refractivity contribution in [1.82, 2.24) is 0 Å². The maximum Gasteiger partial charge on any atom is 0.310 e. The Hall–Kier alpha value is 0.0621. The second kappa shape index (κ2) is 5.20. The van der Waals surface area contributed by atoms with Crippen LogP contribution in [0.3, 0.4) is 0 Å². The summed E-state index contributed by atoms with van der Waals surface area (Å²) in [5.41, 5.74) is 0. The molecule has 0 atom stereocenters. The van der Waals surface area contributed by atoms with Crippen LogP contribution in [0.2, 0.25) is 0 Å². The largest absolute Gasteiger partial charge is 0.394 e. The van der Waals surface area contributed by atoms with Crippen LogP contribution in [0.15, 0.2) is 0 Å². The molecule has 0 rings (SSSR count). The van der Waals surface area contributed by atoms with Crippen molar-refractivity contribution in [3.8, 4) is 0 Å². The molecule has 0 aliphatic rings. The zero-order chi connectivity index (χ0) is 5.86. The molecule has 44 valence electrons. The molecular formula is C4H6O3Pb. The molecule has 0 spiro atoms. The molecule has 0 amide bonds. The summed E-state index contributed by atoms with van der Waals surface area (Å²) >= 11 is 0. The van der Waals surface area contributed by atoms with E-state index in [1.807, 2.05) is 0 Å². The van der Waals surface area contributed by atoms with E-state index in [2.05, 4.69) is 4.74 Å². The first-order valence-corrected chi connectivity index (χ1v) is 1.82. The number of esters is 2. The summed E-state index contributed by atoms with van der Waals surface area (Å²) in [6.07, 6.45) is 0. The summed E-state index contributed by atoms with van der Waals surface area (Å²) < 4.78 is 3.97. The van der Waals surface area contributed by atoms with Gasteiger partial charge in [0.1, 0.15) is 0 Å². The summed E-state index contributed by atoms with van der Waals surface area (Å²) in [6.45, 7) is 2.36. The third-order valence-electron chi connectivity index (χ3n) is 0.287. The quantitative estimate of drug-likeness (QED) is 0.351. The fourth-order valence-corrected chi connectivity index (χ4v) is 0.202. The van der Waals surface area contributed by atoms with Gasteiger partial charge in [-0.3, -0.25) is 9.59 Å². The molecule has 4 heteroatoms. The Morgan fingerprint density at radius 1 is 1.12 bits per heavy atom. The van der Waals surface area contributed by atoms with Gasteiger partial charge in [-0.2, -0.15) is 0 Å². The van der Waals surface area contributed by atoms with Gasteiger partial charge in [-0.15, -0.1) is 0 Å². The number of hydrogen-bond acceptors (Lipinski definition) is 3. The maximum absolute atomic E-state index is 9.81. The molecule has 0 saturated carbocycles. The molecule has 0 aliphatic carbocycles. The number of rotatable bonds is 0. The van der Waals surface area contributed by atoms with Crippen LogP contribution >= 0.6 is 0 Å². The van der Waals surface area contributed by atoms with Gasteiger partial charge < -0.3 is 4.74 Å². The van der Waals surface area contributed by atoms with Gasteiger partial charge in [0, 0.05) is 41.1 Å². The molecule has 0 fully saturated rings. The zero-order valence-electron chi connectivity index (χ0n) is 4.72. The number of ether oxygens (including phenoxy) is 1. The van der Waals surface area contributed by atoms with Crippen LogP contribution in [-0.4, -0.2) is 39.2 Å². The van der Waals surface area contributed by atoms with Crippen LogP contribution in [0.4, 0.5) is 0 Å². The summed E-state index contributed by atoms with van der Waals surface area (Å²) in [4.78, 5) is 19.6. The van der Waals surface area contributed by atoms with Crippen molar-refractivity contribution in [3.63, 3.8) is 0 Å². The van der Waals surface area contributed by atoms with E-state index in [1.54, 1.807) is 0 Å². The Kier molecular flexibility index (Phi) is 7.12. The molecule has 0 bridgehead atoms. The Morgan fingerprint density at radius 3 is 1.38 bits per heavy atom. The van der Waals surface area contributed by atoms with Gasteiger partial charge in [-0.1, -0.05) is 0 Å². The molecule has 0 N–H and O–H groups in total. The van der Waals surface area contributed by atoms with E-state index in [0.29, 0.717) is 0 Å². The van der Waals surface area contributed by atoms with Crippen molar-refractivity contribution in [2.75, 3.05) is 0 Å². The molecule has 4 radical (unpaired) electrons. The summed E-state index contributed by atoms with van der Waals surface area (Å²) in [5, 5.41) is 0. The van der Waals surface area contributed by atoms with Crippen LogP contribution in [0.5, 0.6) is 0 Å². The minimum absolute atomic E-state index is 0. The maximum atomic E-state index is 9.81. The van der Waals surface area contributed by atoms with E-state index in [-0.39, 0.29) is 27.3 Å². The van der Waals surface area contributed by atoms with Crippen LogP contribution in [0.25, 0.3) is 0 Å². The fraction of sp³-hybridized carbons (Fsp3) is 0.500. The minimum Gasteiger partial charge on any atom is -0.394 e. The molecule has 0 aromatic heterocycles. The summed E-state index contributed by atoms with van der Waals surface area (Å²) in [6, 6.07) is 0. The Balaban J connectivity index is 0. The topological polar surface area (TPSA) is 43.4 Å². The Morgan fingerprint density at radius 2 is 1.38 bits per heavy atom. The molecule has 3 nitrogen and oxygen atoms in total. The smallest absolute Gasteiger partial charge is 0.310 e. The van der Waals surface area contributed by atoms with Gasteiger partial charge in [0.15, 0.2) is 0 Å². The van der Waals surface area contributed by atoms with Gasteiger partial charge in [0.25, 0.3) is 0 Å². The van der Waals surface area contributed by atoms with Crippen LogP contribution < -0.4 is 0 Å². The van der Waals surface area contributed by atoms with E-state index >= 15 is 0 Å². The molecular weight excluding hydrogens is 303 g/mol. The third kappa shape index (κ3) is 9.41. The fourth-order valence-electron chi connectivity index (χ4n) is 0.202. The molecule has 8 heavy (non-hydrogen) atoms. The molecule has 0 heterocycles. The van der Waals surface area contributed by atoms with E-state index in [9.17, 15) is 9.59 Å². The first-order chi connectivity index (χ1) is 3.13. The minimum atomic E-state index is -0.562. The van der Waals surface area contributed by atoms with E-state index in [0.717, 1.165) is 0 Å². The molecule has 0 aliphatic heterocycles. The van der Waals surface area contributed by atoms with Crippen molar-refractivity contribution in [2.45, 2.75) is 13.8 Å². The average Bonchev–Trinajstić information content (AvgIpc) is 1.27. The van der Waals surface area contributed by atoms with E-state index in [4.69, 9.17) is 0 Å². The first kappa shape index (κ1) is 10.9.